The van der Waals surface area contributed by atoms with Crippen molar-refractivity contribution < 1.29 is 4.74 Å². The molecule has 0 unspecified atom stereocenters. The Morgan fingerprint density at radius 2 is 2.27 bits per heavy atom. The maximum absolute atomic E-state index is 5.57. The monoisotopic (exact) mass is 202 g/mol. The van der Waals surface area contributed by atoms with Crippen molar-refractivity contribution in [1.82, 2.24) is 0 Å². The maximum atomic E-state index is 5.57. The first kappa shape index (κ1) is 11.6. The molecule has 0 saturated heterocycles. The van der Waals surface area contributed by atoms with Crippen molar-refractivity contribution >= 4 is 5.57 Å². The molecule has 0 radical (unpaired) electrons. The fourth-order valence-corrected chi connectivity index (χ4v) is 1.39. The molecule has 0 atom stereocenters. The van der Waals surface area contributed by atoms with Gasteiger partial charge in [0, 0.05) is 0 Å². The van der Waals surface area contributed by atoms with E-state index < -0.39 is 0 Å². The molecular weight excluding hydrogens is 184 g/mol. The zero-order chi connectivity index (χ0) is 11.1. The van der Waals surface area contributed by atoms with Crippen LogP contribution in [0.2, 0.25) is 0 Å². The minimum absolute atomic E-state index is 0.767. The normalized spacial score (nSPS) is 11.2. The van der Waals surface area contributed by atoms with Gasteiger partial charge in [0.15, 0.2) is 0 Å². The van der Waals surface area contributed by atoms with E-state index in [2.05, 4.69) is 19.6 Å². The quantitative estimate of drug-likeness (QED) is 0.654. The second-order valence-corrected chi connectivity index (χ2v) is 3.32. The lowest BCUT2D eigenvalue weighted by molar-refractivity contribution is 0.317. The second-order valence-electron chi connectivity index (χ2n) is 3.32. The zero-order valence-electron chi connectivity index (χ0n) is 9.49. The Bertz CT molecular complexity index is 350. The lowest BCUT2D eigenvalue weighted by Crippen LogP contribution is -1.95. The first-order chi connectivity index (χ1) is 7.31. The first-order valence-corrected chi connectivity index (χ1v) is 5.33. The lowest BCUT2D eigenvalue weighted by atomic mass is 10.1. The molecule has 0 N–H and O–H groups in total. The number of allylic oxidation sites excluding steroid dienone is 3. The van der Waals surface area contributed by atoms with Crippen LogP contribution in [0.15, 0.2) is 43.0 Å². The molecule has 1 heteroatoms. The van der Waals surface area contributed by atoms with Gasteiger partial charge in [0.2, 0.25) is 0 Å². The molecule has 0 aliphatic heterocycles. The molecule has 1 aromatic rings. The van der Waals surface area contributed by atoms with Crippen molar-refractivity contribution in [2.45, 2.75) is 20.3 Å². The van der Waals surface area contributed by atoms with Gasteiger partial charge in [0.05, 0.1) is 6.61 Å². The van der Waals surface area contributed by atoms with E-state index in [-0.39, 0.29) is 0 Å². The molecule has 0 fully saturated rings. The number of ether oxygens (including phenoxy) is 1. The van der Waals surface area contributed by atoms with Gasteiger partial charge < -0.3 is 4.74 Å². The van der Waals surface area contributed by atoms with Crippen LogP contribution >= 0.6 is 0 Å². The summed E-state index contributed by atoms with van der Waals surface area (Å²) in [6.07, 6.45) is 4.94. The Balaban J connectivity index is 2.86. The Morgan fingerprint density at radius 1 is 1.47 bits per heavy atom. The fraction of sp³-hybridized carbons (Fsp3) is 0.286. The summed E-state index contributed by atoms with van der Waals surface area (Å²) in [4.78, 5) is 0. The van der Waals surface area contributed by atoms with Crippen LogP contribution in [0.5, 0.6) is 5.75 Å². The number of hydrogen-bond donors (Lipinski definition) is 0. The molecule has 0 spiro atoms. The summed E-state index contributed by atoms with van der Waals surface area (Å²) in [5, 5.41) is 0. The summed E-state index contributed by atoms with van der Waals surface area (Å²) in [6.45, 7) is 8.67. The minimum Gasteiger partial charge on any atom is -0.494 e. The highest BCUT2D eigenvalue weighted by atomic mass is 16.5. The third-order valence-electron chi connectivity index (χ3n) is 2.17. The molecule has 0 amide bonds. The van der Waals surface area contributed by atoms with Crippen LogP contribution in [-0.2, 0) is 0 Å². The Labute approximate surface area is 92.1 Å². The Hall–Kier alpha value is -1.50. The number of rotatable bonds is 5. The summed E-state index contributed by atoms with van der Waals surface area (Å²) >= 11 is 0. The molecule has 0 aliphatic carbocycles. The minimum atomic E-state index is 0.767. The lowest BCUT2D eigenvalue weighted by Gasteiger charge is -2.07. The van der Waals surface area contributed by atoms with Crippen LogP contribution < -0.4 is 4.74 Å². The predicted molar refractivity (Wildman–Crippen MR) is 66.1 cm³/mol. The van der Waals surface area contributed by atoms with Gasteiger partial charge in [-0.15, -0.1) is 0 Å². The predicted octanol–water partition coefficient (Wildman–Crippen LogP) is 4.06. The van der Waals surface area contributed by atoms with Crippen LogP contribution in [0.4, 0.5) is 0 Å². The summed E-state index contributed by atoms with van der Waals surface area (Å²) in [5.74, 6) is 0.926. The van der Waals surface area contributed by atoms with Crippen LogP contribution in [0.1, 0.15) is 25.8 Å². The van der Waals surface area contributed by atoms with E-state index in [1.807, 2.05) is 37.3 Å². The van der Waals surface area contributed by atoms with Gasteiger partial charge in [-0.2, -0.15) is 0 Å². The third-order valence-corrected chi connectivity index (χ3v) is 2.17. The summed E-state index contributed by atoms with van der Waals surface area (Å²) in [7, 11) is 0. The SMILES string of the molecule is C=C/C(=C\C)c1cccc(OCCC)c1. The largest absolute Gasteiger partial charge is 0.494 e. The third kappa shape index (κ3) is 3.28. The van der Waals surface area contributed by atoms with Crippen molar-refractivity contribution in [1.29, 1.82) is 0 Å². The number of hydrogen-bond acceptors (Lipinski definition) is 1. The van der Waals surface area contributed by atoms with E-state index in [4.69, 9.17) is 4.74 Å². The maximum Gasteiger partial charge on any atom is 0.119 e. The zero-order valence-corrected chi connectivity index (χ0v) is 9.49. The molecule has 0 aromatic heterocycles. The molecule has 0 saturated carbocycles. The van der Waals surface area contributed by atoms with E-state index in [0.29, 0.717) is 0 Å². The summed E-state index contributed by atoms with van der Waals surface area (Å²) in [5.41, 5.74) is 2.29. The highest BCUT2D eigenvalue weighted by Gasteiger charge is 1.98. The molecular formula is C14H18O. The van der Waals surface area contributed by atoms with Gasteiger partial charge in [0.1, 0.15) is 5.75 Å². The van der Waals surface area contributed by atoms with Crippen LogP contribution in [0.3, 0.4) is 0 Å². The smallest absolute Gasteiger partial charge is 0.119 e. The summed E-state index contributed by atoms with van der Waals surface area (Å²) in [6, 6.07) is 8.10. The van der Waals surface area contributed by atoms with Crippen molar-refractivity contribution in [3.05, 3.63) is 48.6 Å². The summed E-state index contributed by atoms with van der Waals surface area (Å²) < 4.78 is 5.57. The molecule has 1 nitrogen and oxygen atoms in total. The van der Waals surface area contributed by atoms with Gasteiger partial charge >= 0.3 is 0 Å². The van der Waals surface area contributed by atoms with Crippen LogP contribution in [-0.4, -0.2) is 6.61 Å². The topological polar surface area (TPSA) is 9.23 Å². The highest BCUT2D eigenvalue weighted by molar-refractivity contribution is 5.73. The average molecular weight is 202 g/mol. The second kappa shape index (κ2) is 6.07. The Morgan fingerprint density at radius 3 is 2.87 bits per heavy atom. The van der Waals surface area contributed by atoms with Gasteiger partial charge in [-0.25, -0.2) is 0 Å². The Kier molecular flexibility index (Phi) is 4.69. The van der Waals surface area contributed by atoms with Crippen molar-refractivity contribution in [2.75, 3.05) is 6.61 Å². The molecule has 1 aromatic carbocycles. The van der Waals surface area contributed by atoms with E-state index >= 15 is 0 Å². The molecule has 15 heavy (non-hydrogen) atoms. The van der Waals surface area contributed by atoms with E-state index in [1.165, 1.54) is 0 Å². The van der Waals surface area contributed by atoms with Gasteiger partial charge in [0.25, 0.3) is 0 Å². The highest BCUT2D eigenvalue weighted by Crippen LogP contribution is 2.20. The van der Waals surface area contributed by atoms with Gasteiger partial charge in [-0.05, 0) is 36.6 Å². The van der Waals surface area contributed by atoms with E-state index in [0.717, 1.165) is 29.9 Å². The molecule has 80 valence electrons. The molecule has 0 aliphatic rings. The van der Waals surface area contributed by atoms with Crippen molar-refractivity contribution in [3.8, 4) is 5.75 Å². The molecule has 0 bridgehead atoms. The van der Waals surface area contributed by atoms with Crippen molar-refractivity contribution in [2.24, 2.45) is 0 Å². The van der Waals surface area contributed by atoms with E-state index in [1.54, 1.807) is 0 Å². The fourth-order valence-electron chi connectivity index (χ4n) is 1.39. The first-order valence-electron chi connectivity index (χ1n) is 5.33. The average Bonchev–Trinajstić information content (AvgIpc) is 2.29. The van der Waals surface area contributed by atoms with Crippen LogP contribution in [0, 0.1) is 0 Å². The van der Waals surface area contributed by atoms with Gasteiger partial charge in [-0.3, -0.25) is 0 Å². The molecule has 1 rings (SSSR count). The van der Waals surface area contributed by atoms with E-state index in [9.17, 15) is 0 Å². The van der Waals surface area contributed by atoms with Crippen molar-refractivity contribution in [3.63, 3.8) is 0 Å². The van der Waals surface area contributed by atoms with Gasteiger partial charge in [-0.1, -0.05) is 37.8 Å². The molecule has 0 heterocycles. The number of benzene rings is 1. The standard InChI is InChI=1S/C14H18O/c1-4-10-15-14-9-7-8-13(11-14)12(5-2)6-3/h5-9,11H,2,4,10H2,1,3H3/b12-6+. The van der Waals surface area contributed by atoms with Crippen LogP contribution in [0.25, 0.3) is 5.57 Å².